The molecule has 3 rings (SSSR count). The summed E-state index contributed by atoms with van der Waals surface area (Å²) in [4.78, 5) is 12.1. The molecule has 2 aromatic carbocycles. The summed E-state index contributed by atoms with van der Waals surface area (Å²) in [6.07, 6.45) is 0.210. The first-order chi connectivity index (χ1) is 13.1. The standard InChI is InChI=1S/C20H23FN2O4S/c1-20(2)16-10-15(7-8-18(16)23-19(20)25)28(26,27)22-11-13(12-24)9-14-5-3-4-6-17(14)21/h3-8,10,13,22,24H,9,11-12H2,1-2H3,(H,23,25). The highest BCUT2D eigenvalue weighted by Gasteiger charge is 2.39. The Hall–Kier alpha value is -2.29. The van der Waals surface area contributed by atoms with Crippen molar-refractivity contribution in [1.82, 2.24) is 4.72 Å². The zero-order chi connectivity index (χ0) is 20.5. The van der Waals surface area contributed by atoms with Crippen LogP contribution in [0.3, 0.4) is 0 Å². The first-order valence-corrected chi connectivity index (χ1v) is 10.4. The Kier molecular flexibility index (Phi) is 5.56. The first kappa shape index (κ1) is 20.4. The topological polar surface area (TPSA) is 95.5 Å². The quantitative estimate of drug-likeness (QED) is 0.657. The molecular formula is C20H23FN2O4S. The largest absolute Gasteiger partial charge is 0.396 e. The van der Waals surface area contributed by atoms with E-state index >= 15 is 0 Å². The van der Waals surface area contributed by atoms with Crippen molar-refractivity contribution >= 4 is 21.6 Å². The summed E-state index contributed by atoms with van der Waals surface area (Å²) in [5.74, 6) is -1.04. The van der Waals surface area contributed by atoms with E-state index in [1.54, 1.807) is 38.1 Å². The van der Waals surface area contributed by atoms with Gasteiger partial charge in [0, 0.05) is 18.8 Å². The molecule has 1 amide bonds. The number of halogens is 1. The summed E-state index contributed by atoms with van der Waals surface area (Å²) in [5, 5.41) is 12.3. The van der Waals surface area contributed by atoms with Gasteiger partial charge in [-0.1, -0.05) is 18.2 Å². The number of hydrogen-bond donors (Lipinski definition) is 3. The monoisotopic (exact) mass is 406 g/mol. The van der Waals surface area contributed by atoms with Crippen LogP contribution in [0, 0.1) is 11.7 Å². The van der Waals surface area contributed by atoms with Gasteiger partial charge in [-0.15, -0.1) is 0 Å². The highest BCUT2D eigenvalue weighted by molar-refractivity contribution is 7.89. The lowest BCUT2D eigenvalue weighted by Gasteiger charge is -2.18. The lowest BCUT2D eigenvalue weighted by atomic mass is 9.86. The fraction of sp³-hybridized carbons (Fsp3) is 0.350. The molecule has 0 radical (unpaired) electrons. The number of hydrogen-bond acceptors (Lipinski definition) is 4. The van der Waals surface area contributed by atoms with Crippen LogP contribution in [-0.4, -0.2) is 32.6 Å². The van der Waals surface area contributed by atoms with Gasteiger partial charge in [-0.2, -0.15) is 0 Å². The fourth-order valence-corrected chi connectivity index (χ4v) is 4.35. The van der Waals surface area contributed by atoms with Crippen molar-refractivity contribution in [2.24, 2.45) is 5.92 Å². The van der Waals surface area contributed by atoms with Crippen molar-refractivity contribution < 1.29 is 22.7 Å². The van der Waals surface area contributed by atoms with Gasteiger partial charge in [-0.25, -0.2) is 17.5 Å². The fourth-order valence-electron chi connectivity index (χ4n) is 3.20. The van der Waals surface area contributed by atoms with Gasteiger partial charge < -0.3 is 10.4 Å². The van der Waals surface area contributed by atoms with Gasteiger partial charge in [0.25, 0.3) is 0 Å². The van der Waals surface area contributed by atoms with Gasteiger partial charge in [0.1, 0.15) is 5.82 Å². The third-order valence-corrected chi connectivity index (χ3v) is 6.50. The predicted molar refractivity (Wildman–Crippen MR) is 104 cm³/mol. The van der Waals surface area contributed by atoms with Crippen molar-refractivity contribution in [2.45, 2.75) is 30.6 Å². The second kappa shape index (κ2) is 7.62. The van der Waals surface area contributed by atoms with E-state index in [1.165, 1.54) is 18.2 Å². The maximum absolute atomic E-state index is 13.8. The number of anilines is 1. The van der Waals surface area contributed by atoms with Crippen molar-refractivity contribution in [3.05, 3.63) is 59.4 Å². The first-order valence-electron chi connectivity index (χ1n) is 8.95. The summed E-state index contributed by atoms with van der Waals surface area (Å²) < 4.78 is 41.7. The molecule has 0 saturated heterocycles. The Bertz CT molecular complexity index is 1010. The number of amides is 1. The van der Waals surface area contributed by atoms with E-state index in [9.17, 15) is 22.7 Å². The van der Waals surface area contributed by atoms with Crippen LogP contribution in [0.25, 0.3) is 0 Å². The molecule has 2 aromatic rings. The van der Waals surface area contributed by atoms with E-state index in [2.05, 4.69) is 10.0 Å². The van der Waals surface area contributed by atoms with Crippen molar-refractivity contribution in [2.75, 3.05) is 18.5 Å². The number of nitrogens with one attached hydrogen (secondary N) is 2. The van der Waals surface area contributed by atoms with Crippen LogP contribution in [-0.2, 0) is 26.7 Å². The Labute approximate surface area is 163 Å². The summed E-state index contributed by atoms with van der Waals surface area (Å²) in [5.41, 5.74) is 0.816. The Morgan fingerprint density at radius 3 is 2.61 bits per heavy atom. The number of fused-ring (bicyclic) bond motifs is 1. The molecule has 1 aliphatic rings. The molecule has 0 aromatic heterocycles. The lowest BCUT2D eigenvalue weighted by Crippen LogP contribution is -2.32. The highest BCUT2D eigenvalue weighted by atomic mass is 32.2. The number of carbonyl (C=O) groups excluding carboxylic acids is 1. The molecule has 0 saturated carbocycles. The van der Waals surface area contributed by atoms with Crippen molar-refractivity contribution in [3.63, 3.8) is 0 Å². The van der Waals surface area contributed by atoms with Crippen LogP contribution < -0.4 is 10.0 Å². The second-order valence-corrected chi connectivity index (χ2v) is 9.25. The molecule has 0 fully saturated rings. The van der Waals surface area contributed by atoms with Gasteiger partial charge in [0.15, 0.2) is 0 Å². The van der Waals surface area contributed by atoms with Gasteiger partial charge in [0.05, 0.1) is 10.3 Å². The van der Waals surface area contributed by atoms with Crippen LogP contribution >= 0.6 is 0 Å². The Morgan fingerprint density at radius 2 is 1.93 bits per heavy atom. The van der Waals surface area contributed by atoms with E-state index in [4.69, 9.17) is 0 Å². The molecule has 6 nitrogen and oxygen atoms in total. The van der Waals surface area contributed by atoms with E-state index in [0.717, 1.165) is 0 Å². The maximum atomic E-state index is 13.8. The lowest BCUT2D eigenvalue weighted by molar-refractivity contribution is -0.119. The van der Waals surface area contributed by atoms with Crippen LogP contribution in [0.2, 0.25) is 0 Å². The van der Waals surface area contributed by atoms with E-state index in [0.29, 0.717) is 16.8 Å². The number of rotatable bonds is 7. The molecule has 3 N–H and O–H groups in total. The predicted octanol–water partition coefficient (Wildman–Crippen LogP) is 2.18. The van der Waals surface area contributed by atoms with Crippen molar-refractivity contribution in [3.8, 4) is 0 Å². The number of carbonyl (C=O) groups is 1. The molecule has 1 aliphatic heterocycles. The van der Waals surface area contributed by atoms with Crippen molar-refractivity contribution in [1.29, 1.82) is 0 Å². The summed E-state index contributed by atoms with van der Waals surface area (Å²) in [6, 6.07) is 10.7. The SMILES string of the molecule is CC1(C)C(=O)Nc2ccc(S(=O)(=O)NCC(CO)Cc3ccccc3F)cc21. The van der Waals surface area contributed by atoms with Gasteiger partial charge in [-0.05, 0) is 61.6 Å². The number of aliphatic hydroxyl groups is 1. The average Bonchev–Trinajstić information content (AvgIpc) is 2.88. The van der Waals surface area contributed by atoms with Crippen LogP contribution in [0.1, 0.15) is 25.0 Å². The summed E-state index contributed by atoms with van der Waals surface area (Å²) in [7, 11) is -3.85. The van der Waals surface area contributed by atoms with Gasteiger partial charge >= 0.3 is 0 Å². The van der Waals surface area contributed by atoms with E-state index in [-0.39, 0.29) is 36.2 Å². The molecule has 1 heterocycles. The van der Waals surface area contributed by atoms with E-state index in [1.807, 2.05) is 0 Å². The zero-order valence-electron chi connectivity index (χ0n) is 15.7. The molecule has 8 heteroatoms. The van der Waals surface area contributed by atoms with Crippen LogP contribution in [0.5, 0.6) is 0 Å². The third-order valence-electron chi connectivity index (χ3n) is 5.08. The van der Waals surface area contributed by atoms with E-state index < -0.39 is 21.4 Å². The number of aliphatic hydroxyl groups excluding tert-OH is 1. The van der Waals surface area contributed by atoms with Gasteiger partial charge in [-0.3, -0.25) is 4.79 Å². The number of benzene rings is 2. The maximum Gasteiger partial charge on any atom is 0.240 e. The Balaban J connectivity index is 1.75. The Morgan fingerprint density at radius 1 is 1.21 bits per heavy atom. The molecule has 1 unspecified atom stereocenters. The number of sulfonamides is 1. The molecule has 28 heavy (non-hydrogen) atoms. The molecular weight excluding hydrogens is 383 g/mol. The minimum Gasteiger partial charge on any atom is -0.396 e. The second-order valence-electron chi connectivity index (χ2n) is 7.48. The molecule has 150 valence electrons. The molecule has 1 atom stereocenters. The van der Waals surface area contributed by atoms with Gasteiger partial charge in [0.2, 0.25) is 15.9 Å². The summed E-state index contributed by atoms with van der Waals surface area (Å²) >= 11 is 0. The molecule has 0 bridgehead atoms. The van der Waals surface area contributed by atoms with Crippen LogP contribution in [0.4, 0.5) is 10.1 Å². The minimum atomic E-state index is -3.85. The summed E-state index contributed by atoms with van der Waals surface area (Å²) in [6.45, 7) is 3.14. The minimum absolute atomic E-state index is 0.0369. The highest BCUT2D eigenvalue weighted by Crippen LogP contribution is 2.38. The molecule has 0 aliphatic carbocycles. The smallest absolute Gasteiger partial charge is 0.240 e. The normalized spacial score (nSPS) is 16.5. The molecule has 0 spiro atoms. The third kappa shape index (κ3) is 3.94. The zero-order valence-corrected chi connectivity index (χ0v) is 16.5. The average molecular weight is 406 g/mol. The van der Waals surface area contributed by atoms with Crippen LogP contribution in [0.15, 0.2) is 47.4 Å².